The Bertz CT molecular complexity index is 1130. The Balaban J connectivity index is 1.86. The van der Waals surface area contributed by atoms with E-state index in [9.17, 15) is 18.8 Å². The molecule has 3 rings (SSSR count). The molecule has 3 aromatic rings. The highest BCUT2D eigenvalue weighted by atomic mass is 79.9. The van der Waals surface area contributed by atoms with Gasteiger partial charge in [0.15, 0.2) is 11.2 Å². The second kappa shape index (κ2) is 6.87. The van der Waals surface area contributed by atoms with Gasteiger partial charge in [0.05, 0.1) is 6.33 Å². The third-order valence-corrected chi connectivity index (χ3v) is 4.76. The van der Waals surface area contributed by atoms with E-state index in [0.717, 1.165) is 4.57 Å². The molecule has 0 aliphatic carbocycles. The minimum absolute atomic E-state index is 0.0558. The lowest BCUT2D eigenvalue weighted by molar-refractivity contribution is -0.121. The SMILES string of the molecule is Cn1cnc2c1c(=O)n(CC(=O)NCc1cc(F)ccc1Br)c(=O)n2C. The summed E-state index contributed by atoms with van der Waals surface area (Å²) in [5.74, 6) is -0.967. The van der Waals surface area contributed by atoms with E-state index in [1.54, 1.807) is 7.05 Å². The van der Waals surface area contributed by atoms with Gasteiger partial charge in [0.2, 0.25) is 5.91 Å². The van der Waals surface area contributed by atoms with Crippen molar-refractivity contribution in [3.8, 4) is 0 Å². The van der Waals surface area contributed by atoms with E-state index in [4.69, 9.17) is 0 Å². The number of hydrogen-bond donors (Lipinski definition) is 1. The fourth-order valence-corrected chi connectivity index (χ4v) is 2.99. The Kier molecular flexibility index (Phi) is 4.77. The maximum Gasteiger partial charge on any atom is 0.332 e. The van der Waals surface area contributed by atoms with E-state index >= 15 is 0 Å². The summed E-state index contributed by atoms with van der Waals surface area (Å²) in [4.78, 5) is 41.1. The number of aryl methyl sites for hydroxylation is 2. The van der Waals surface area contributed by atoms with E-state index in [-0.39, 0.29) is 17.7 Å². The number of aromatic nitrogens is 4. The standard InChI is InChI=1S/C16H15BrFN5O3/c1-21-8-20-14-13(21)15(25)23(16(26)22(14)2)7-12(24)19-6-9-5-10(18)3-4-11(9)17/h3-5,8H,6-7H2,1-2H3,(H,19,24). The zero-order valence-electron chi connectivity index (χ0n) is 14.0. The zero-order valence-corrected chi connectivity index (χ0v) is 15.6. The minimum Gasteiger partial charge on any atom is -0.350 e. The Labute approximate surface area is 155 Å². The quantitative estimate of drug-likeness (QED) is 0.666. The summed E-state index contributed by atoms with van der Waals surface area (Å²) in [5, 5.41) is 2.58. The van der Waals surface area contributed by atoms with Gasteiger partial charge in [0.25, 0.3) is 5.56 Å². The van der Waals surface area contributed by atoms with Crippen LogP contribution >= 0.6 is 15.9 Å². The first-order chi connectivity index (χ1) is 12.3. The van der Waals surface area contributed by atoms with Crippen molar-refractivity contribution in [3.05, 3.63) is 61.2 Å². The van der Waals surface area contributed by atoms with Gasteiger partial charge in [0.1, 0.15) is 12.4 Å². The van der Waals surface area contributed by atoms with Gasteiger partial charge in [0, 0.05) is 25.1 Å². The maximum absolute atomic E-state index is 13.3. The molecular weight excluding hydrogens is 409 g/mol. The van der Waals surface area contributed by atoms with Gasteiger partial charge in [-0.2, -0.15) is 0 Å². The topological polar surface area (TPSA) is 90.9 Å². The van der Waals surface area contributed by atoms with Crippen molar-refractivity contribution in [3.63, 3.8) is 0 Å². The predicted octanol–water partition coefficient (Wildman–Crippen LogP) is 0.652. The molecule has 10 heteroatoms. The molecule has 26 heavy (non-hydrogen) atoms. The summed E-state index contributed by atoms with van der Waals surface area (Å²) in [6.07, 6.45) is 1.43. The van der Waals surface area contributed by atoms with Crippen LogP contribution in [0.3, 0.4) is 0 Å². The van der Waals surface area contributed by atoms with Crippen LogP contribution in [-0.4, -0.2) is 24.6 Å². The number of hydrogen-bond acceptors (Lipinski definition) is 4. The highest BCUT2D eigenvalue weighted by Gasteiger charge is 2.17. The Morgan fingerprint density at radius 2 is 2.04 bits per heavy atom. The molecule has 0 fully saturated rings. The molecule has 8 nitrogen and oxygen atoms in total. The van der Waals surface area contributed by atoms with Crippen LogP contribution in [0.2, 0.25) is 0 Å². The molecule has 0 bridgehead atoms. The molecule has 2 heterocycles. The van der Waals surface area contributed by atoms with Gasteiger partial charge in [-0.1, -0.05) is 15.9 Å². The van der Waals surface area contributed by atoms with Crippen molar-refractivity contribution in [1.82, 2.24) is 24.0 Å². The van der Waals surface area contributed by atoms with Crippen molar-refractivity contribution >= 4 is 33.0 Å². The molecule has 0 aliphatic rings. The van der Waals surface area contributed by atoms with E-state index in [2.05, 4.69) is 26.2 Å². The molecule has 0 spiro atoms. The van der Waals surface area contributed by atoms with Crippen molar-refractivity contribution in [1.29, 1.82) is 0 Å². The third-order valence-electron chi connectivity index (χ3n) is 3.99. The molecule has 2 aromatic heterocycles. The van der Waals surface area contributed by atoms with E-state index in [1.807, 2.05) is 0 Å². The molecule has 0 unspecified atom stereocenters. The number of carbonyl (C=O) groups excluding carboxylic acids is 1. The normalized spacial score (nSPS) is 11.1. The predicted molar refractivity (Wildman–Crippen MR) is 96.2 cm³/mol. The molecule has 0 saturated heterocycles. The molecule has 1 N–H and O–H groups in total. The number of halogens is 2. The van der Waals surface area contributed by atoms with Crippen LogP contribution in [0.15, 0.2) is 38.6 Å². The van der Waals surface area contributed by atoms with Crippen LogP contribution in [0.25, 0.3) is 11.2 Å². The third kappa shape index (κ3) is 3.19. The molecule has 1 amide bonds. The largest absolute Gasteiger partial charge is 0.350 e. The van der Waals surface area contributed by atoms with Gasteiger partial charge >= 0.3 is 5.69 Å². The lowest BCUT2D eigenvalue weighted by Crippen LogP contribution is -2.43. The molecule has 0 aliphatic heterocycles. The average Bonchev–Trinajstić information content (AvgIpc) is 2.99. The second-order valence-electron chi connectivity index (χ2n) is 5.77. The summed E-state index contributed by atoms with van der Waals surface area (Å²) in [7, 11) is 3.11. The molecule has 136 valence electrons. The molecule has 0 atom stereocenters. The number of amides is 1. The smallest absolute Gasteiger partial charge is 0.332 e. The number of nitrogens with one attached hydrogen (secondary N) is 1. The van der Waals surface area contributed by atoms with Crippen molar-refractivity contribution in [2.45, 2.75) is 13.1 Å². The summed E-state index contributed by atoms with van der Waals surface area (Å²) in [6, 6.07) is 4.12. The Hall–Kier alpha value is -2.75. The number of fused-ring (bicyclic) bond motifs is 1. The lowest BCUT2D eigenvalue weighted by atomic mass is 10.2. The summed E-state index contributed by atoms with van der Waals surface area (Å²) in [6.45, 7) is -0.389. The number of benzene rings is 1. The van der Waals surface area contributed by atoms with Gasteiger partial charge in [-0.05, 0) is 23.8 Å². The molecular formula is C16H15BrFN5O3. The number of rotatable bonds is 4. The molecule has 0 radical (unpaired) electrons. The van der Waals surface area contributed by atoms with Crippen LogP contribution in [-0.2, 0) is 32.0 Å². The van der Waals surface area contributed by atoms with Gasteiger partial charge < -0.3 is 9.88 Å². The lowest BCUT2D eigenvalue weighted by Gasteiger charge is -2.10. The summed E-state index contributed by atoms with van der Waals surface area (Å²) >= 11 is 3.27. The van der Waals surface area contributed by atoms with Crippen LogP contribution in [0, 0.1) is 5.82 Å². The summed E-state index contributed by atoms with van der Waals surface area (Å²) in [5.41, 5.74) is -0.204. The van der Waals surface area contributed by atoms with Gasteiger partial charge in [-0.3, -0.25) is 14.2 Å². The highest BCUT2D eigenvalue weighted by molar-refractivity contribution is 9.10. The van der Waals surface area contributed by atoms with Crippen molar-refractivity contribution in [2.75, 3.05) is 0 Å². The van der Waals surface area contributed by atoms with Crippen LogP contribution in [0.4, 0.5) is 4.39 Å². The number of nitrogens with zero attached hydrogens (tertiary/aromatic N) is 4. The first-order valence-corrected chi connectivity index (χ1v) is 8.40. The number of carbonyl (C=O) groups is 1. The van der Waals surface area contributed by atoms with Crippen LogP contribution < -0.4 is 16.6 Å². The van der Waals surface area contributed by atoms with Crippen LogP contribution in [0.1, 0.15) is 5.56 Å². The Morgan fingerprint density at radius 3 is 2.77 bits per heavy atom. The fourth-order valence-electron chi connectivity index (χ4n) is 2.61. The first kappa shape index (κ1) is 18.1. The molecule has 0 saturated carbocycles. The fraction of sp³-hybridized carbons (Fsp3) is 0.250. The number of imidazole rings is 1. The average molecular weight is 424 g/mol. The zero-order chi connectivity index (χ0) is 19.0. The minimum atomic E-state index is -0.636. The van der Waals surface area contributed by atoms with Crippen LogP contribution in [0.5, 0.6) is 0 Å². The monoisotopic (exact) mass is 423 g/mol. The van der Waals surface area contributed by atoms with E-state index < -0.39 is 29.5 Å². The van der Waals surface area contributed by atoms with Crippen molar-refractivity contribution < 1.29 is 9.18 Å². The van der Waals surface area contributed by atoms with E-state index in [0.29, 0.717) is 10.0 Å². The van der Waals surface area contributed by atoms with Crippen molar-refractivity contribution in [2.24, 2.45) is 14.1 Å². The molecule has 1 aromatic carbocycles. The summed E-state index contributed by atoms with van der Waals surface area (Å²) < 4.78 is 17.5. The van der Waals surface area contributed by atoms with Gasteiger partial charge in [-0.15, -0.1) is 0 Å². The second-order valence-corrected chi connectivity index (χ2v) is 6.63. The Morgan fingerprint density at radius 1 is 1.31 bits per heavy atom. The maximum atomic E-state index is 13.3. The highest BCUT2D eigenvalue weighted by Crippen LogP contribution is 2.17. The first-order valence-electron chi connectivity index (χ1n) is 7.61. The van der Waals surface area contributed by atoms with E-state index in [1.165, 1.54) is 40.7 Å². The van der Waals surface area contributed by atoms with Gasteiger partial charge in [-0.25, -0.2) is 18.7 Å².